The summed E-state index contributed by atoms with van der Waals surface area (Å²) in [7, 11) is -3.49. The zero-order valence-corrected chi connectivity index (χ0v) is 13.1. The van der Waals surface area contributed by atoms with E-state index in [9.17, 15) is 13.5 Å². The van der Waals surface area contributed by atoms with Crippen molar-refractivity contribution in [2.75, 3.05) is 13.2 Å². The van der Waals surface area contributed by atoms with Crippen molar-refractivity contribution in [3.8, 4) is 0 Å². The topological polar surface area (TPSA) is 70.5 Å². The van der Waals surface area contributed by atoms with Gasteiger partial charge in [0.05, 0.1) is 10.7 Å². The second-order valence-corrected chi connectivity index (χ2v) is 8.44. The molecule has 7 heteroatoms. The lowest BCUT2D eigenvalue weighted by Crippen LogP contribution is -2.46. The van der Waals surface area contributed by atoms with Gasteiger partial charge in [-0.1, -0.05) is 0 Å². The Morgan fingerprint density at radius 1 is 1.42 bits per heavy atom. The number of rotatable bonds is 3. The van der Waals surface area contributed by atoms with Gasteiger partial charge in [0.25, 0.3) is 10.0 Å². The number of hydrogen-bond acceptors (Lipinski definition) is 5. The molecule has 0 bridgehead atoms. The van der Waals surface area contributed by atoms with Crippen molar-refractivity contribution >= 4 is 21.4 Å². The Kier molecular flexibility index (Phi) is 4.29. The maximum absolute atomic E-state index is 12.7. The van der Waals surface area contributed by atoms with Gasteiger partial charge in [0.2, 0.25) is 0 Å². The molecule has 5 nitrogen and oxygen atoms in total. The van der Waals surface area contributed by atoms with Gasteiger partial charge in [0, 0.05) is 19.2 Å². The molecule has 1 aromatic heterocycles. The van der Waals surface area contributed by atoms with Crippen LogP contribution in [0.5, 0.6) is 0 Å². The molecule has 0 amide bonds. The molecule has 1 saturated heterocycles. The van der Waals surface area contributed by atoms with Crippen LogP contribution in [0.25, 0.3) is 0 Å². The maximum atomic E-state index is 12.7. The number of aromatic nitrogens is 1. The van der Waals surface area contributed by atoms with E-state index in [0.29, 0.717) is 16.4 Å². The van der Waals surface area contributed by atoms with Crippen molar-refractivity contribution in [2.24, 2.45) is 5.92 Å². The smallest absolute Gasteiger partial charge is 0.254 e. The molecular weight excluding hydrogens is 284 g/mol. The van der Waals surface area contributed by atoms with Crippen molar-refractivity contribution in [3.05, 3.63) is 10.7 Å². The zero-order chi connectivity index (χ0) is 14.2. The third-order valence-electron chi connectivity index (χ3n) is 3.58. The standard InChI is InChI=1S/C12H20N2O3S2/c1-8-4-5-11(7-15)6-14(8)19(16,17)12-9(2)13-10(3)18-12/h8,11,15H,4-7H2,1-3H3. The van der Waals surface area contributed by atoms with E-state index in [4.69, 9.17) is 0 Å². The molecular formula is C12H20N2O3S2. The van der Waals surface area contributed by atoms with Gasteiger partial charge in [-0.2, -0.15) is 4.31 Å². The van der Waals surface area contributed by atoms with Gasteiger partial charge in [-0.3, -0.25) is 0 Å². The molecule has 2 atom stereocenters. The normalized spacial score (nSPS) is 25.7. The minimum absolute atomic E-state index is 0.0189. The molecule has 1 N–H and O–H groups in total. The highest BCUT2D eigenvalue weighted by atomic mass is 32.2. The fourth-order valence-electron chi connectivity index (χ4n) is 2.49. The molecule has 1 aliphatic rings. The van der Waals surface area contributed by atoms with Gasteiger partial charge >= 0.3 is 0 Å². The second-order valence-electron chi connectivity index (χ2n) is 5.16. The molecule has 2 heterocycles. The summed E-state index contributed by atoms with van der Waals surface area (Å²) in [6.45, 7) is 5.91. The monoisotopic (exact) mass is 304 g/mol. The molecule has 2 unspecified atom stereocenters. The van der Waals surface area contributed by atoms with Gasteiger partial charge in [-0.25, -0.2) is 13.4 Å². The summed E-state index contributed by atoms with van der Waals surface area (Å²) in [4.78, 5) is 4.20. The Balaban J connectivity index is 2.35. The van der Waals surface area contributed by atoms with Crippen LogP contribution in [0.1, 0.15) is 30.5 Å². The van der Waals surface area contributed by atoms with Crippen molar-refractivity contribution in [2.45, 2.75) is 43.9 Å². The van der Waals surface area contributed by atoms with Crippen molar-refractivity contribution < 1.29 is 13.5 Å². The zero-order valence-electron chi connectivity index (χ0n) is 11.5. The highest BCUT2D eigenvalue weighted by Crippen LogP contribution is 2.32. The molecule has 1 fully saturated rings. The molecule has 0 saturated carbocycles. The summed E-state index contributed by atoms with van der Waals surface area (Å²) in [6, 6.07) is -0.0189. The minimum Gasteiger partial charge on any atom is -0.396 e. The minimum atomic E-state index is -3.49. The summed E-state index contributed by atoms with van der Waals surface area (Å²) in [6.07, 6.45) is 1.67. The highest BCUT2D eigenvalue weighted by Gasteiger charge is 2.36. The quantitative estimate of drug-likeness (QED) is 0.919. The van der Waals surface area contributed by atoms with Crippen molar-refractivity contribution in [1.82, 2.24) is 9.29 Å². The van der Waals surface area contributed by atoms with E-state index in [1.54, 1.807) is 6.92 Å². The Labute approximate surface area is 118 Å². The summed E-state index contributed by atoms with van der Waals surface area (Å²) in [5.74, 6) is 0.0419. The molecule has 0 radical (unpaired) electrons. The van der Waals surface area contributed by atoms with Crippen molar-refractivity contribution in [3.63, 3.8) is 0 Å². The third-order valence-corrected chi connectivity index (χ3v) is 7.22. The van der Waals surface area contributed by atoms with Crippen LogP contribution in [0.4, 0.5) is 0 Å². The molecule has 1 aromatic rings. The van der Waals surface area contributed by atoms with Gasteiger partial charge in [0.15, 0.2) is 4.21 Å². The van der Waals surface area contributed by atoms with Gasteiger partial charge < -0.3 is 5.11 Å². The molecule has 0 spiro atoms. The summed E-state index contributed by atoms with van der Waals surface area (Å²) in [5, 5.41) is 10.0. The Morgan fingerprint density at radius 2 is 2.11 bits per heavy atom. The highest BCUT2D eigenvalue weighted by molar-refractivity contribution is 7.91. The summed E-state index contributed by atoms with van der Waals surface area (Å²) < 4.78 is 27.3. The number of aryl methyl sites for hydroxylation is 2. The van der Waals surface area contributed by atoms with Crippen LogP contribution in [0.2, 0.25) is 0 Å². The van der Waals surface area contributed by atoms with E-state index in [-0.39, 0.29) is 18.6 Å². The predicted molar refractivity (Wildman–Crippen MR) is 74.8 cm³/mol. The number of piperidine rings is 1. The fraction of sp³-hybridized carbons (Fsp3) is 0.750. The van der Waals surface area contributed by atoms with Crippen molar-refractivity contribution in [1.29, 1.82) is 0 Å². The van der Waals surface area contributed by atoms with E-state index >= 15 is 0 Å². The molecule has 19 heavy (non-hydrogen) atoms. The summed E-state index contributed by atoms with van der Waals surface area (Å²) in [5.41, 5.74) is 0.570. The largest absolute Gasteiger partial charge is 0.396 e. The van der Waals surface area contributed by atoms with Crippen LogP contribution < -0.4 is 0 Å². The van der Waals surface area contributed by atoms with Gasteiger partial charge in [-0.05, 0) is 39.5 Å². The Morgan fingerprint density at radius 3 is 2.63 bits per heavy atom. The van der Waals surface area contributed by atoms with Crippen LogP contribution in [0.15, 0.2) is 4.21 Å². The first kappa shape index (κ1) is 14.9. The van der Waals surface area contributed by atoms with Crippen LogP contribution in [0.3, 0.4) is 0 Å². The van der Waals surface area contributed by atoms with Crippen LogP contribution in [-0.4, -0.2) is 42.0 Å². The van der Waals surface area contributed by atoms with E-state index in [1.165, 1.54) is 15.6 Å². The van der Waals surface area contributed by atoms with Crippen LogP contribution in [-0.2, 0) is 10.0 Å². The number of aliphatic hydroxyl groups excluding tert-OH is 1. The van der Waals surface area contributed by atoms with E-state index in [1.807, 2.05) is 13.8 Å². The molecule has 0 aliphatic carbocycles. The lowest BCUT2D eigenvalue weighted by molar-refractivity contribution is 0.139. The molecule has 2 rings (SSSR count). The number of thiazole rings is 1. The lowest BCUT2D eigenvalue weighted by atomic mass is 9.96. The lowest BCUT2D eigenvalue weighted by Gasteiger charge is -2.36. The molecule has 0 aromatic carbocycles. The van der Waals surface area contributed by atoms with Crippen LogP contribution in [0, 0.1) is 19.8 Å². The summed E-state index contributed by atoms with van der Waals surface area (Å²) >= 11 is 1.22. The Hall–Kier alpha value is -0.500. The average molecular weight is 304 g/mol. The number of hydrogen-bond donors (Lipinski definition) is 1. The third kappa shape index (κ3) is 2.84. The van der Waals surface area contributed by atoms with E-state index < -0.39 is 10.0 Å². The van der Waals surface area contributed by atoms with Gasteiger partial charge in [-0.15, -0.1) is 11.3 Å². The average Bonchev–Trinajstić information content (AvgIpc) is 2.69. The van der Waals surface area contributed by atoms with Crippen LogP contribution >= 0.6 is 11.3 Å². The van der Waals surface area contributed by atoms with Gasteiger partial charge in [0.1, 0.15) is 0 Å². The maximum Gasteiger partial charge on any atom is 0.254 e. The second kappa shape index (κ2) is 5.47. The number of sulfonamides is 1. The first-order chi connectivity index (χ1) is 8.86. The number of aliphatic hydroxyl groups is 1. The van der Waals surface area contributed by atoms with E-state index in [2.05, 4.69) is 4.98 Å². The SMILES string of the molecule is Cc1nc(C)c(S(=O)(=O)N2CC(CO)CCC2C)s1. The fourth-order valence-corrected chi connectivity index (χ4v) is 5.82. The first-order valence-electron chi connectivity index (χ1n) is 6.43. The Bertz CT molecular complexity index is 553. The number of nitrogens with zero attached hydrogens (tertiary/aromatic N) is 2. The first-order valence-corrected chi connectivity index (χ1v) is 8.68. The molecule has 1 aliphatic heterocycles. The predicted octanol–water partition coefficient (Wildman–Crippen LogP) is 1.54. The molecule has 108 valence electrons. The van der Waals surface area contributed by atoms with E-state index in [0.717, 1.165) is 17.8 Å².